The predicted octanol–water partition coefficient (Wildman–Crippen LogP) is 3.05. The Labute approximate surface area is 125 Å². The summed E-state index contributed by atoms with van der Waals surface area (Å²) in [6.45, 7) is 1.98. The molecule has 0 N–H and O–H groups in total. The van der Waals surface area contributed by atoms with Crippen LogP contribution in [0.25, 0.3) is 22.2 Å². The molecular formula is C17H20N4. The van der Waals surface area contributed by atoms with Crippen LogP contribution in [0.15, 0.2) is 48.8 Å². The first kappa shape index (κ1) is 13.8. The highest BCUT2D eigenvalue weighted by atomic mass is 15.3. The molecule has 0 fully saturated rings. The number of benzene rings is 1. The summed E-state index contributed by atoms with van der Waals surface area (Å²) >= 11 is 0. The van der Waals surface area contributed by atoms with E-state index < -0.39 is 0 Å². The molecule has 21 heavy (non-hydrogen) atoms. The van der Waals surface area contributed by atoms with E-state index in [-0.39, 0.29) is 0 Å². The summed E-state index contributed by atoms with van der Waals surface area (Å²) in [5.74, 6) is 0. The van der Waals surface area contributed by atoms with Gasteiger partial charge in [0, 0.05) is 29.9 Å². The van der Waals surface area contributed by atoms with Crippen LogP contribution in [0.4, 0.5) is 0 Å². The van der Waals surface area contributed by atoms with E-state index in [9.17, 15) is 0 Å². The maximum atomic E-state index is 4.81. The van der Waals surface area contributed by atoms with Crippen molar-refractivity contribution in [3.8, 4) is 11.3 Å². The molecule has 0 spiro atoms. The van der Waals surface area contributed by atoms with Crippen LogP contribution in [0.5, 0.6) is 0 Å². The van der Waals surface area contributed by atoms with Gasteiger partial charge in [0.15, 0.2) is 0 Å². The number of rotatable bonds is 5. The second kappa shape index (κ2) is 6.06. The van der Waals surface area contributed by atoms with Gasteiger partial charge in [-0.1, -0.05) is 30.3 Å². The van der Waals surface area contributed by atoms with Gasteiger partial charge in [-0.2, -0.15) is 5.10 Å². The van der Waals surface area contributed by atoms with Crippen LogP contribution in [-0.2, 0) is 6.54 Å². The number of hydrogen-bond donors (Lipinski definition) is 0. The second-order valence-electron chi connectivity index (χ2n) is 5.49. The summed E-state index contributed by atoms with van der Waals surface area (Å²) in [5, 5.41) is 5.93. The second-order valence-corrected chi connectivity index (χ2v) is 5.49. The molecule has 0 atom stereocenters. The van der Waals surface area contributed by atoms with Crippen molar-refractivity contribution >= 4 is 10.9 Å². The molecule has 108 valence electrons. The van der Waals surface area contributed by atoms with Gasteiger partial charge in [-0.3, -0.25) is 9.67 Å². The molecule has 2 aromatic heterocycles. The minimum absolute atomic E-state index is 0.922. The van der Waals surface area contributed by atoms with E-state index >= 15 is 0 Å². The Balaban J connectivity index is 1.98. The van der Waals surface area contributed by atoms with E-state index in [0.29, 0.717) is 0 Å². The molecule has 0 aliphatic rings. The van der Waals surface area contributed by atoms with E-state index in [2.05, 4.69) is 40.8 Å². The number of nitrogens with zero attached hydrogens (tertiary/aromatic N) is 4. The number of hydrogen-bond acceptors (Lipinski definition) is 3. The molecule has 4 nitrogen and oxygen atoms in total. The van der Waals surface area contributed by atoms with Crippen LogP contribution >= 0.6 is 0 Å². The summed E-state index contributed by atoms with van der Waals surface area (Å²) in [6, 6.07) is 12.4. The number of pyridine rings is 1. The van der Waals surface area contributed by atoms with Crippen molar-refractivity contribution in [2.75, 3.05) is 20.6 Å². The molecule has 0 aliphatic heterocycles. The molecule has 0 aliphatic carbocycles. The lowest BCUT2D eigenvalue weighted by Crippen LogP contribution is -2.15. The van der Waals surface area contributed by atoms with Gasteiger partial charge in [0.2, 0.25) is 0 Å². The third-order valence-corrected chi connectivity index (χ3v) is 3.57. The van der Waals surface area contributed by atoms with Gasteiger partial charge in [0.25, 0.3) is 0 Å². The molecule has 1 aromatic carbocycles. The zero-order valence-corrected chi connectivity index (χ0v) is 12.5. The van der Waals surface area contributed by atoms with E-state index in [4.69, 9.17) is 5.10 Å². The van der Waals surface area contributed by atoms with E-state index in [0.717, 1.165) is 41.7 Å². The summed E-state index contributed by atoms with van der Waals surface area (Å²) in [6.07, 6.45) is 4.83. The van der Waals surface area contributed by atoms with Gasteiger partial charge in [0.1, 0.15) is 5.69 Å². The van der Waals surface area contributed by atoms with E-state index in [1.54, 1.807) is 0 Å². The third-order valence-electron chi connectivity index (χ3n) is 3.57. The number of fused-ring (bicyclic) bond motifs is 1. The predicted molar refractivity (Wildman–Crippen MR) is 86.1 cm³/mol. The van der Waals surface area contributed by atoms with Gasteiger partial charge in [0.05, 0.1) is 5.52 Å². The van der Waals surface area contributed by atoms with Crippen molar-refractivity contribution in [3.05, 3.63) is 48.8 Å². The molecule has 0 unspecified atom stereocenters. The van der Waals surface area contributed by atoms with Crippen LogP contribution in [0, 0.1) is 0 Å². The molecule has 3 aromatic rings. The Hall–Kier alpha value is -2.20. The van der Waals surface area contributed by atoms with Gasteiger partial charge >= 0.3 is 0 Å². The summed E-state index contributed by atoms with van der Waals surface area (Å²) in [7, 11) is 4.20. The fraction of sp³-hybridized carbons (Fsp3) is 0.294. The first-order chi connectivity index (χ1) is 10.3. The molecule has 2 heterocycles. The fourth-order valence-corrected chi connectivity index (χ4v) is 2.54. The van der Waals surface area contributed by atoms with Crippen LogP contribution in [0.2, 0.25) is 0 Å². The quantitative estimate of drug-likeness (QED) is 0.720. The van der Waals surface area contributed by atoms with Crippen molar-refractivity contribution < 1.29 is 0 Å². The minimum Gasteiger partial charge on any atom is -0.309 e. The average Bonchev–Trinajstić information content (AvgIpc) is 2.87. The molecule has 0 saturated heterocycles. The standard InChI is InChI=1S/C17H20N4/c1-20(2)11-6-12-21-16-9-10-18-13-15(16)17(19-21)14-7-4-3-5-8-14/h3-5,7-10,13H,6,11-12H2,1-2H3. The summed E-state index contributed by atoms with van der Waals surface area (Å²) in [4.78, 5) is 6.46. The fourth-order valence-electron chi connectivity index (χ4n) is 2.54. The maximum Gasteiger partial charge on any atom is 0.102 e. The van der Waals surface area contributed by atoms with E-state index in [1.807, 2.05) is 36.7 Å². The van der Waals surface area contributed by atoms with Crippen molar-refractivity contribution in [1.29, 1.82) is 0 Å². The monoisotopic (exact) mass is 280 g/mol. The largest absolute Gasteiger partial charge is 0.309 e. The van der Waals surface area contributed by atoms with Crippen molar-refractivity contribution in [2.45, 2.75) is 13.0 Å². The normalized spacial score (nSPS) is 11.4. The molecule has 0 amide bonds. The molecule has 0 bridgehead atoms. The Bertz CT molecular complexity index is 716. The van der Waals surface area contributed by atoms with Crippen molar-refractivity contribution in [3.63, 3.8) is 0 Å². The first-order valence-corrected chi connectivity index (χ1v) is 7.26. The van der Waals surface area contributed by atoms with Crippen LogP contribution < -0.4 is 0 Å². The molecule has 4 heteroatoms. The zero-order valence-electron chi connectivity index (χ0n) is 12.5. The van der Waals surface area contributed by atoms with Gasteiger partial charge < -0.3 is 4.90 Å². The number of aryl methyl sites for hydroxylation is 1. The smallest absolute Gasteiger partial charge is 0.102 e. The van der Waals surface area contributed by atoms with Gasteiger partial charge in [-0.25, -0.2) is 0 Å². The number of aromatic nitrogens is 3. The lowest BCUT2D eigenvalue weighted by molar-refractivity contribution is 0.383. The zero-order chi connectivity index (χ0) is 14.7. The Morgan fingerprint density at radius 3 is 2.67 bits per heavy atom. The molecule has 3 rings (SSSR count). The van der Waals surface area contributed by atoms with Crippen molar-refractivity contribution in [1.82, 2.24) is 19.7 Å². The van der Waals surface area contributed by atoms with E-state index in [1.165, 1.54) is 0 Å². The van der Waals surface area contributed by atoms with Gasteiger partial charge in [-0.05, 0) is 33.1 Å². The highest BCUT2D eigenvalue weighted by Gasteiger charge is 2.11. The molecule has 0 saturated carbocycles. The average molecular weight is 280 g/mol. The Morgan fingerprint density at radius 2 is 1.90 bits per heavy atom. The van der Waals surface area contributed by atoms with Crippen LogP contribution in [0.3, 0.4) is 0 Å². The van der Waals surface area contributed by atoms with Crippen LogP contribution in [0.1, 0.15) is 6.42 Å². The lowest BCUT2D eigenvalue weighted by atomic mass is 10.1. The maximum absolute atomic E-state index is 4.81. The first-order valence-electron chi connectivity index (χ1n) is 7.26. The van der Waals surface area contributed by atoms with Crippen molar-refractivity contribution in [2.24, 2.45) is 0 Å². The Morgan fingerprint density at radius 1 is 1.10 bits per heavy atom. The topological polar surface area (TPSA) is 34.0 Å². The van der Waals surface area contributed by atoms with Crippen LogP contribution in [-0.4, -0.2) is 40.3 Å². The highest BCUT2D eigenvalue weighted by molar-refractivity contribution is 5.92. The summed E-state index contributed by atoms with van der Waals surface area (Å²) < 4.78 is 2.10. The minimum atomic E-state index is 0.922. The lowest BCUT2D eigenvalue weighted by Gasteiger charge is -2.09. The summed E-state index contributed by atoms with van der Waals surface area (Å²) in [5.41, 5.74) is 3.31. The Kier molecular flexibility index (Phi) is 3.97. The third kappa shape index (κ3) is 2.95. The SMILES string of the molecule is CN(C)CCCn1nc(-c2ccccc2)c2cnccc21. The highest BCUT2D eigenvalue weighted by Crippen LogP contribution is 2.27. The van der Waals surface area contributed by atoms with Gasteiger partial charge in [-0.15, -0.1) is 0 Å². The molecular weight excluding hydrogens is 260 g/mol. The molecule has 0 radical (unpaired) electrons.